The SMILES string of the molecule is CN(CC(=O)Nc1cccc(C(F)(F)F)c1)CC(=O)N(C)C. The molecule has 1 aromatic carbocycles. The minimum absolute atomic E-state index is 0.0447. The second kappa shape index (κ2) is 7.26. The number of hydrogen-bond acceptors (Lipinski definition) is 3. The quantitative estimate of drug-likeness (QED) is 0.899. The Hall–Kier alpha value is -2.09. The monoisotopic (exact) mass is 317 g/mol. The molecule has 1 N–H and O–H groups in total. The largest absolute Gasteiger partial charge is 0.416 e. The van der Waals surface area contributed by atoms with E-state index in [1.807, 2.05) is 0 Å². The highest BCUT2D eigenvalue weighted by Gasteiger charge is 2.30. The Morgan fingerprint density at radius 1 is 1.14 bits per heavy atom. The summed E-state index contributed by atoms with van der Waals surface area (Å²) >= 11 is 0. The molecule has 0 aliphatic carbocycles. The molecular formula is C14H18F3N3O2. The number of likely N-dealkylation sites (N-methyl/N-ethyl adjacent to an activating group) is 2. The zero-order valence-corrected chi connectivity index (χ0v) is 12.6. The number of benzene rings is 1. The summed E-state index contributed by atoms with van der Waals surface area (Å²) in [4.78, 5) is 26.1. The van der Waals surface area contributed by atoms with Crippen LogP contribution in [0.2, 0.25) is 0 Å². The molecule has 122 valence electrons. The van der Waals surface area contributed by atoms with Gasteiger partial charge in [-0.05, 0) is 25.2 Å². The van der Waals surface area contributed by atoms with Crippen molar-refractivity contribution in [2.75, 3.05) is 39.5 Å². The number of nitrogens with one attached hydrogen (secondary N) is 1. The summed E-state index contributed by atoms with van der Waals surface area (Å²) in [5.41, 5.74) is -0.770. The summed E-state index contributed by atoms with van der Waals surface area (Å²) in [7, 11) is 4.77. The van der Waals surface area contributed by atoms with Crippen molar-refractivity contribution in [2.45, 2.75) is 6.18 Å². The third kappa shape index (κ3) is 5.72. The van der Waals surface area contributed by atoms with Gasteiger partial charge in [0.25, 0.3) is 0 Å². The Balaban J connectivity index is 2.60. The average molecular weight is 317 g/mol. The number of amides is 2. The molecule has 0 radical (unpaired) electrons. The number of nitrogens with zero attached hydrogens (tertiary/aromatic N) is 2. The van der Waals surface area contributed by atoms with E-state index in [2.05, 4.69) is 5.32 Å². The third-order valence-electron chi connectivity index (χ3n) is 2.79. The zero-order valence-electron chi connectivity index (χ0n) is 12.6. The van der Waals surface area contributed by atoms with Gasteiger partial charge in [0.15, 0.2) is 0 Å². The number of hydrogen-bond donors (Lipinski definition) is 1. The fourth-order valence-electron chi connectivity index (χ4n) is 1.65. The number of carbonyl (C=O) groups is 2. The van der Waals surface area contributed by atoms with Gasteiger partial charge in [-0.2, -0.15) is 13.2 Å². The van der Waals surface area contributed by atoms with Gasteiger partial charge in [0.2, 0.25) is 11.8 Å². The van der Waals surface area contributed by atoms with Gasteiger partial charge in [-0.3, -0.25) is 14.5 Å². The molecule has 0 heterocycles. The predicted octanol–water partition coefficient (Wildman–Crippen LogP) is 1.66. The molecule has 2 amide bonds. The topological polar surface area (TPSA) is 52.7 Å². The lowest BCUT2D eigenvalue weighted by Crippen LogP contribution is -2.38. The first-order valence-electron chi connectivity index (χ1n) is 6.45. The molecule has 1 rings (SSSR count). The van der Waals surface area contributed by atoms with E-state index in [-0.39, 0.29) is 24.7 Å². The molecule has 1 aromatic rings. The smallest absolute Gasteiger partial charge is 0.348 e. The lowest BCUT2D eigenvalue weighted by atomic mass is 10.2. The minimum Gasteiger partial charge on any atom is -0.348 e. The van der Waals surface area contributed by atoms with Crippen LogP contribution in [0.5, 0.6) is 0 Å². The van der Waals surface area contributed by atoms with Crippen molar-refractivity contribution in [3.8, 4) is 0 Å². The molecule has 0 aliphatic heterocycles. The molecule has 0 saturated heterocycles. The van der Waals surface area contributed by atoms with Crippen LogP contribution < -0.4 is 5.32 Å². The highest BCUT2D eigenvalue weighted by Crippen LogP contribution is 2.30. The van der Waals surface area contributed by atoms with E-state index in [9.17, 15) is 22.8 Å². The Bertz CT molecular complexity index is 544. The molecule has 5 nitrogen and oxygen atoms in total. The van der Waals surface area contributed by atoms with Crippen molar-refractivity contribution in [2.24, 2.45) is 0 Å². The first-order chi connectivity index (χ1) is 10.1. The van der Waals surface area contributed by atoms with E-state index in [0.717, 1.165) is 12.1 Å². The van der Waals surface area contributed by atoms with Gasteiger partial charge in [0, 0.05) is 19.8 Å². The maximum absolute atomic E-state index is 12.6. The summed E-state index contributed by atoms with van der Waals surface area (Å²) in [5.74, 6) is -0.664. The van der Waals surface area contributed by atoms with Crippen LogP contribution in [-0.4, -0.2) is 55.8 Å². The van der Waals surface area contributed by atoms with Crippen LogP contribution in [0.15, 0.2) is 24.3 Å². The molecule has 0 fully saturated rings. The maximum Gasteiger partial charge on any atom is 0.416 e. The van der Waals surface area contributed by atoms with Crippen LogP contribution in [0.3, 0.4) is 0 Å². The highest BCUT2D eigenvalue weighted by molar-refractivity contribution is 5.92. The maximum atomic E-state index is 12.6. The Morgan fingerprint density at radius 2 is 1.77 bits per heavy atom. The van der Waals surface area contributed by atoms with E-state index in [1.165, 1.54) is 21.9 Å². The molecule has 0 aliphatic rings. The number of alkyl halides is 3. The van der Waals surface area contributed by atoms with E-state index in [0.29, 0.717) is 0 Å². The van der Waals surface area contributed by atoms with Crippen molar-refractivity contribution < 1.29 is 22.8 Å². The summed E-state index contributed by atoms with van der Waals surface area (Å²) in [5, 5.41) is 2.38. The van der Waals surface area contributed by atoms with Crippen LogP contribution in [-0.2, 0) is 15.8 Å². The van der Waals surface area contributed by atoms with Gasteiger partial charge >= 0.3 is 6.18 Å². The van der Waals surface area contributed by atoms with Crippen LogP contribution in [0.1, 0.15) is 5.56 Å². The van der Waals surface area contributed by atoms with Gasteiger partial charge in [-0.1, -0.05) is 6.07 Å². The predicted molar refractivity (Wildman–Crippen MR) is 76.3 cm³/mol. The molecule has 0 unspecified atom stereocenters. The Morgan fingerprint density at radius 3 is 2.32 bits per heavy atom. The second-order valence-electron chi connectivity index (χ2n) is 5.09. The van der Waals surface area contributed by atoms with Crippen molar-refractivity contribution in [3.05, 3.63) is 29.8 Å². The third-order valence-corrected chi connectivity index (χ3v) is 2.79. The van der Waals surface area contributed by atoms with E-state index in [1.54, 1.807) is 21.1 Å². The molecule has 0 spiro atoms. The molecule has 22 heavy (non-hydrogen) atoms. The first-order valence-corrected chi connectivity index (χ1v) is 6.45. The molecule has 0 bridgehead atoms. The number of rotatable bonds is 5. The van der Waals surface area contributed by atoms with Gasteiger partial charge in [-0.15, -0.1) is 0 Å². The molecule has 0 atom stereocenters. The second-order valence-corrected chi connectivity index (χ2v) is 5.09. The van der Waals surface area contributed by atoms with E-state index in [4.69, 9.17) is 0 Å². The normalized spacial score (nSPS) is 11.4. The molecule has 8 heteroatoms. The van der Waals surface area contributed by atoms with E-state index < -0.39 is 17.6 Å². The molecule has 0 aromatic heterocycles. The zero-order chi connectivity index (χ0) is 16.9. The highest BCUT2D eigenvalue weighted by atomic mass is 19.4. The number of anilines is 1. The summed E-state index contributed by atoms with van der Waals surface area (Å²) in [6.45, 7) is -0.0567. The van der Waals surface area contributed by atoms with Gasteiger partial charge in [0.05, 0.1) is 18.7 Å². The molecular weight excluding hydrogens is 299 g/mol. The minimum atomic E-state index is -4.46. The van der Waals surface area contributed by atoms with Crippen LogP contribution >= 0.6 is 0 Å². The fraction of sp³-hybridized carbons (Fsp3) is 0.429. The van der Waals surface area contributed by atoms with E-state index >= 15 is 0 Å². The van der Waals surface area contributed by atoms with Crippen molar-refractivity contribution in [3.63, 3.8) is 0 Å². The van der Waals surface area contributed by atoms with Crippen molar-refractivity contribution in [1.29, 1.82) is 0 Å². The summed E-state index contributed by atoms with van der Waals surface area (Å²) in [6.07, 6.45) is -4.46. The first kappa shape index (κ1) is 18.0. The number of halogens is 3. The Labute approximate surface area is 126 Å². The lowest BCUT2D eigenvalue weighted by molar-refractivity contribution is -0.137. The Kier molecular flexibility index (Phi) is 5.92. The van der Waals surface area contributed by atoms with Crippen molar-refractivity contribution >= 4 is 17.5 Å². The van der Waals surface area contributed by atoms with Gasteiger partial charge < -0.3 is 10.2 Å². The lowest BCUT2D eigenvalue weighted by Gasteiger charge is -2.18. The summed E-state index contributed by atoms with van der Waals surface area (Å²) < 4.78 is 37.7. The van der Waals surface area contributed by atoms with Crippen LogP contribution in [0.4, 0.5) is 18.9 Å². The number of carbonyl (C=O) groups excluding carboxylic acids is 2. The standard InChI is InChI=1S/C14H18F3N3O2/c1-19(2)13(22)9-20(3)8-12(21)18-11-6-4-5-10(7-11)14(15,16)17/h4-7H,8-9H2,1-3H3,(H,18,21). The average Bonchev–Trinajstić information content (AvgIpc) is 2.37. The van der Waals surface area contributed by atoms with Gasteiger partial charge in [0.1, 0.15) is 0 Å². The van der Waals surface area contributed by atoms with Crippen molar-refractivity contribution in [1.82, 2.24) is 9.80 Å². The summed E-state index contributed by atoms with van der Waals surface area (Å²) in [6, 6.07) is 4.39. The molecule has 0 saturated carbocycles. The van der Waals surface area contributed by atoms with Crippen LogP contribution in [0.25, 0.3) is 0 Å². The van der Waals surface area contributed by atoms with Gasteiger partial charge in [-0.25, -0.2) is 0 Å². The van der Waals surface area contributed by atoms with Crippen LogP contribution in [0, 0.1) is 0 Å². The fourth-order valence-corrected chi connectivity index (χ4v) is 1.65.